The molecule has 1 aromatic rings. The van der Waals surface area contributed by atoms with Crippen molar-refractivity contribution in [2.24, 2.45) is 0 Å². The van der Waals surface area contributed by atoms with Gasteiger partial charge in [-0.3, -0.25) is 0 Å². The lowest BCUT2D eigenvalue weighted by Gasteiger charge is -2.24. The summed E-state index contributed by atoms with van der Waals surface area (Å²) in [5, 5.41) is 0. The monoisotopic (exact) mass is 212 g/mol. The highest BCUT2D eigenvalue weighted by atomic mass is 35.5. The van der Waals surface area contributed by atoms with Crippen molar-refractivity contribution in [3.8, 4) is 5.75 Å². The molecule has 0 aromatic heterocycles. The van der Waals surface area contributed by atoms with Crippen molar-refractivity contribution in [2.45, 2.75) is 12.5 Å². The molecule has 2 rings (SSSR count). The fourth-order valence-corrected chi connectivity index (χ4v) is 2.02. The number of rotatable bonds is 2. The SMILES string of the molecule is COc1ccc2c(c1)CCOC2CCl. The molecule has 0 fully saturated rings. The normalized spacial score (nSPS) is 20.3. The summed E-state index contributed by atoms with van der Waals surface area (Å²) in [5.74, 6) is 1.42. The minimum atomic E-state index is 0.0475. The number of benzene rings is 1. The van der Waals surface area contributed by atoms with Crippen LogP contribution >= 0.6 is 11.6 Å². The second-order valence-corrected chi connectivity index (χ2v) is 3.64. The second kappa shape index (κ2) is 4.20. The quantitative estimate of drug-likeness (QED) is 0.702. The van der Waals surface area contributed by atoms with E-state index in [2.05, 4.69) is 6.07 Å². The lowest BCUT2D eigenvalue weighted by molar-refractivity contribution is 0.0578. The van der Waals surface area contributed by atoms with Crippen LogP contribution < -0.4 is 4.74 Å². The molecule has 0 bridgehead atoms. The van der Waals surface area contributed by atoms with Gasteiger partial charge in [-0.15, -0.1) is 11.6 Å². The highest BCUT2D eigenvalue weighted by molar-refractivity contribution is 6.18. The molecule has 2 nitrogen and oxygen atoms in total. The molecule has 3 heteroatoms. The van der Waals surface area contributed by atoms with Crippen molar-refractivity contribution >= 4 is 11.6 Å². The van der Waals surface area contributed by atoms with E-state index in [1.54, 1.807) is 7.11 Å². The highest BCUT2D eigenvalue weighted by Crippen LogP contribution is 2.30. The number of hydrogen-bond donors (Lipinski definition) is 0. The third kappa shape index (κ3) is 1.72. The minimum Gasteiger partial charge on any atom is -0.497 e. The van der Waals surface area contributed by atoms with E-state index in [9.17, 15) is 0 Å². The van der Waals surface area contributed by atoms with Crippen molar-refractivity contribution in [3.63, 3.8) is 0 Å². The van der Waals surface area contributed by atoms with Crippen LogP contribution in [-0.2, 0) is 11.2 Å². The second-order valence-electron chi connectivity index (χ2n) is 3.33. The van der Waals surface area contributed by atoms with Gasteiger partial charge in [-0.05, 0) is 29.7 Å². The van der Waals surface area contributed by atoms with E-state index in [4.69, 9.17) is 21.1 Å². The third-order valence-corrected chi connectivity index (χ3v) is 2.81. The summed E-state index contributed by atoms with van der Waals surface area (Å²) in [6, 6.07) is 6.06. The van der Waals surface area contributed by atoms with Gasteiger partial charge >= 0.3 is 0 Å². The van der Waals surface area contributed by atoms with Crippen LogP contribution in [0.2, 0.25) is 0 Å². The smallest absolute Gasteiger partial charge is 0.119 e. The first-order valence-electron chi connectivity index (χ1n) is 4.69. The Morgan fingerprint density at radius 1 is 1.57 bits per heavy atom. The maximum atomic E-state index is 5.83. The first-order chi connectivity index (χ1) is 6.85. The van der Waals surface area contributed by atoms with Gasteiger partial charge in [-0.25, -0.2) is 0 Å². The largest absolute Gasteiger partial charge is 0.497 e. The molecular weight excluding hydrogens is 200 g/mol. The van der Waals surface area contributed by atoms with Crippen molar-refractivity contribution in [2.75, 3.05) is 19.6 Å². The third-order valence-electron chi connectivity index (χ3n) is 2.53. The van der Waals surface area contributed by atoms with E-state index >= 15 is 0 Å². The van der Waals surface area contributed by atoms with Gasteiger partial charge in [0.2, 0.25) is 0 Å². The van der Waals surface area contributed by atoms with Crippen LogP contribution in [-0.4, -0.2) is 19.6 Å². The van der Waals surface area contributed by atoms with E-state index in [-0.39, 0.29) is 6.10 Å². The molecule has 1 aliphatic heterocycles. The number of ether oxygens (including phenoxy) is 2. The molecule has 1 atom stereocenters. The summed E-state index contributed by atoms with van der Waals surface area (Å²) in [5.41, 5.74) is 2.49. The Kier molecular flexibility index (Phi) is 2.94. The van der Waals surface area contributed by atoms with Gasteiger partial charge in [-0.2, -0.15) is 0 Å². The fraction of sp³-hybridized carbons (Fsp3) is 0.455. The van der Waals surface area contributed by atoms with E-state index in [0.717, 1.165) is 18.8 Å². The highest BCUT2D eigenvalue weighted by Gasteiger charge is 2.19. The maximum Gasteiger partial charge on any atom is 0.119 e. The van der Waals surface area contributed by atoms with Crippen molar-refractivity contribution in [1.29, 1.82) is 0 Å². The van der Waals surface area contributed by atoms with E-state index in [1.165, 1.54) is 11.1 Å². The zero-order valence-corrected chi connectivity index (χ0v) is 8.88. The molecule has 76 valence electrons. The van der Waals surface area contributed by atoms with Gasteiger partial charge in [0.25, 0.3) is 0 Å². The van der Waals surface area contributed by atoms with Crippen LogP contribution in [0.5, 0.6) is 5.75 Å². The van der Waals surface area contributed by atoms with E-state index in [0.29, 0.717) is 5.88 Å². The number of methoxy groups -OCH3 is 1. The molecule has 1 aliphatic rings. The molecule has 0 aliphatic carbocycles. The molecule has 0 N–H and O–H groups in total. The van der Waals surface area contributed by atoms with Crippen molar-refractivity contribution < 1.29 is 9.47 Å². The van der Waals surface area contributed by atoms with Gasteiger partial charge in [-0.1, -0.05) is 6.07 Å². The Morgan fingerprint density at radius 3 is 3.14 bits per heavy atom. The van der Waals surface area contributed by atoms with Gasteiger partial charge in [0.05, 0.1) is 25.7 Å². The average molecular weight is 213 g/mol. The number of halogens is 1. The first-order valence-corrected chi connectivity index (χ1v) is 5.23. The van der Waals surface area contributed by atoms with Crippen LogP contribution in [0.3, 0.4) is 0 Å². The number of fused-ring (bicyclic) bond motifs is 1. The molecule has 1 heterocycles. The average Bonchev–Trinajstić information content (AvgIpc) is 2.27. The molecule has 14 heavy (non-hydrogen) atoms. The fourth-order valence-electron chi connectivity index (χ4n) is 1.77. The Labute approximate surface area is 88.8 Å². The van der Waals surface area contributed by atoms with Crippen LogP contribution in [0.25, 0.3) is 0 Å². The topological polar surface area (TPSA) is 18.5 Å². The Hall–Kier alpha value is -0.730. The molecule has 1 unspecified atom stereocenters. The summed E-state index contributed by atoms with van der Waals surface area (Å²) in [6.45, 7) is 0.748. The zero-order valence-electron chi connectivity index (χ0n) is 8.13. The van der Waals surface area contributed by atoms with Crippen LogP contribution in [0.1, 0.15) is 17.2 Å². The molecule has 0 saturated carbocycles. The van der Waals surface area contributed by atoms with Crippen molar-refractivity contribution in [3.05, 3.63) is 29.3 Å². The van der Waals surface area contributed by atoms with Gasteiger partial charge in [0, 0.05) is 0 Å². The standard InChI is InChI=1S/C11H13ClO2/c1-13-9-2-3-10-8(6-9)4-5-14-11(10)7-12/h2-3,6,11H,4-5,7H2,1H3. The lowest BCUT2D eigenvalue weighted by atomic mass is 9.98. The van der Waals surface area contributed by atoms with Crippen LogP contribution in [0.4, 0.5) is 0 Å². The van der Waals surface area contributed by atoms with Gasteiger partial charge < -0.3 is 9.47 Å². The molecule has 0 spiro atoms. The van der Waals surface area contributed by atoms with E-state index in [1.807, 2.05) is 12.1 Å². The Morgan fingerprint density at radius 2 is 2.43 bits per heavy atom. The summed E-state index contributed by atoms with van der Waals surface area (Å²) in [4.78, 5) is 0. The number of alkyl halides is 1. The Balaban J connectivity index is 2.35. The first kappa shape index (κ1) is 9.81. The van der Waals surface area contributed by atoms with Gasteiger partial charge in [0.15, 0.2) is 0 Å². The van der Waals surface area contributed by atoms with Crippen LogP contribution in [0.15, 0.2) is 18.2 Å². The number of hydrogen-bond acceptors (Lipinski definition) is 2. The summed E-state index contributed by atoms with van der Waals surface area (Å²) in [6.07, 6.45) is 0.992. The molecule has 1 aromatic carbocycles. The predicted octanol–water partition coefficient (Wildman–Crippen LogP) is 2.55. The lowest BCUT2D eigenvalue weighted by Crippen LogP contribution is -2.17. The summed E-state index contributed by atoms with van der Waals surface area (Å²) in [7, 11) is 1.68. The predicted molar refractivity (Wildman–Crippen MR) is 56.1 cm³/mol. The molecule has 0 radical (unpaired) electrons. The molecule has 0 saturated heterocycles. The van der Waals surface area contributed by atoms with Crippen LogP contribution in [0, 0.1) is 0 Å². The van der Waals surface area contributed by atoms with Gasteiger partial charge in [0.1, 0.15) is 5.75 Å². The molecular formula is C11H13ClO2. The maximum absolute atomic E-state index is 5.83. The van der Waals surface area contributed by atoms with Crippen molar-refractivity contribution in [1.82, 2.24) is 0 Å². The zero-order chi connectivity index (χ0) is 9.97. The summed E-state index contributed by atoms with van der Waals surface area (Å²) >= 11 is 5.83. The summed E-state index contributed by atoms with van der Waals surface area (Å²) < 4.78 is 10.7. The van der Waals surface area contributed by atoms with E-state index < -0.39 is 0 Å². The minimum absolute atomic E-state index is 0.0475. The molecule has 0 amide bonds. The Bertz CT molecular complexity index is 325.